The zero-order valence-corrected chi connectivity index (χ0v) is 20.3. The number of anilines is 1. The highest BCUT2D eigenvalue weighted by atomic mass is 79.9. The Kier molecular flexibility index (Phi) is 7.17. The number of para-hydroxylation sites is 1. The van der Waals surface area contributed by atoms with Gasteiger partial charge in [0.1, 0.15) is 0 Å². The average molecular weight is 555 g/mol. The van der Waals surface area contributed by atoms with Gasteiger partial charge in [-0.3, -0.25) is 9.59 Å². The molecule has 1 unspecified atom stereocenters. The molecule has 3 aromatic rings. The number of hydrogen-bond donors (Lipinski definition) is 1. The minimum absolute atomic E-state index is 0.0861. The van der Waals surface area contributed by atoms with Crippen molar-refractivity contribution in [2.24, 2.45) is 5.10 Å². The predicted molar refractivity (Wildman–Crippen MR) is 133 cm³/mol. The van der Waals surface area contributed by atoms with Crippen molar-refractivity contribution >= 4 is 55.1 Å². The number of nitrogens with zero attached hydrogens (tertiary/aromatic N) is 2. The maximum absolute atomic E-state index is 13.1. The molecule has 1 heterocycles. The molecule has 0 saturated carbocycles. The summed E-state index contributed by atoms with van der Waals surface area (Å²) in [7, 11) is 0. The minimum Gasteiger partial charge on any atom is -0.326 e. The van der Waals surface area contributed by atoms with Gasteiger partial charge in [0.25, 0.3) is 0 Å². The first-order valence-corrected chi connectivity index (χ1v) is 11.8. The second-order valence-electron chi connectivity index (χ2n) is 7.48. The lowest BCUT2D eigenvalue weighted by molar-refractivity contribution is -0.134. The molecule has 7 heteroatoms. The number of benzene rings is 3. The van der Waals surface area contributed by atoms with E-state index in [4.69, 9.17) is 0 Å². The Bertz CT molecular complexity index is 1130. The normalized spacial score (nSPS) is 15.4. The van der Waals surface area contributed by atoms with Gasteiger partial charge in [0.15, 0.2) is 0 Å². The van der Waals surface area contributed by atoms with Crippen LogP contribution in [0.3, 0.4) is 0 Å². The van der Waals surface area contributed by atoms with E-state index in [1.807, 2.05) is 78.9 Å². The van der Waals surface area contributed by atoms with E-state index in [0.29, 0.717) is 6.42 Å². The molecular weight excluding hydrogens is 534 g/mol. The van der Waals surface area contributed by atoms with Crippen molar-refractivity contribution in [3.8, 4) is 0 Å². The number of carbonyl (C=O) groups is 2. The van der Waals surface area contributed by atoms with Crippen LogP contribution in [0.25, 0.3) is 0 Å². The van der Waals surface area contributed by atoms with Gasteiger partial charge in [0.2, 0.25) is 11.8 Å². The van der Waals surface area contributed by atoms with E-state index in [2.05, 4.69) is 42.3 Å². The van der Waals surface area contributed by atoms with Crippen LogP contribution in [0.4, 0.5) is 5.69 Å². The zero-order chi connectivity index (χ0) is 22.5. The van der Waals surface area contributed by atoms with Crippen molar-refractivity contribution in [2.45, 2.75) is 25.3 Å². The van der Waals surface area contributed by atoms with E-state index in [1.165, 1.54) is 5.01 Å². The van der Waals surface area contributed by atoms with Gasteiger partial charge in [0, 0.05) is 33.9 Å². The summed E-state index contributed by atoms with van der Waals surface area (Å²) in [6.07, 6.45) is 0.800. The summed E-state index contributed by atoms with van der Waals surface area (Å²) in [4.78, 5) is 25.4. The van der Waals surface area contributed by atoms with Crippen molar-refractivity contribution in [1.82, 2.24) is 5.01 Å². The van der Waals surface area contributed by atoms with Crippen molar-refractivity contribution in [3.05, 3.63) is 98.9 Å². The highest BCUT2D eigenvalue weighted by molar-refractivity contribution is 9.10. The molecule has 0 spiro atoms. The summed E-state index contributed by atoms with van der Waals surface area (Å²) in [5, 5.41) is 9.03. The summed E-state index contributed by atoms with van der Waals surface area (Å²) in [6.45, 7) is 0. The van der Waals surface area contributed by atoms with Gasteiger partial charge < -0.3 is 5.32 Å². The standard InChI is InChI=1S/C25H21Br2N3O2/c26-19-10-6-17(7-11-19)22-16-23(18-8-12-20(27)13-9-18)30(29-22)25(32)15-14-24(31)28-21-4-2-1-3-5-21/h1-13,23H,14-16H2,(H,28,31). The van der Waals surface area contributed by atoms with Crippen LogP contribution < -0.4 is 5.32 Å². The molecule has 0 bridgehead atoms. The molecule has 1 atom stereocenters. The zero-order valence-electron chi connectivity index (χ0n) is 17.2. The van der Waals surface area contributed by atoms with Gasteiger partial charge in [-0.25, -0.2) is 5.01 Å². The van der Waals surface area contributed by atoms with Crippen LogP contribution in [0.2, 0.25) is 0 Å². The lowest BCUT2D eigenvalue weighted by atomic mass is 9.98. The van der Waals surface area contributed by atoms with Crippen LogP contribution in [-0.4, -0.2) is 22.5 Å². The molecule has 4 rings (SSSR count). The van der Waals surface area contributed by atoms with E-state index >= 15 is 0 Å². The monoisotopic (exact) mass is 553 g/mol. The fraction of sp³-hybridized carbons (Fsp3) is 0.160. The van der Waals surface area contributed by atoms with Crippen LogP contribution in [0, 0.1) is 0 Å². The van der Waals surface area contributed by atoms with Crippen LogP contribution in [0.15, 0.2) is 92.9 Å². The predicted octanol–water partition coefficient (Wildman–Crippen LogP) is 6.31. The fourth-order valence-corrected chi connectivity index (χ4v) is 4.11. The summed E-state index contributed by atoms with van der Waals surface area (Å²) >= 11 is 6.92. The highest BCUT2D eigenvalue weighted by Crippen LogP contribution is 2.34. The molecule has 5 nitrogen and oxygen atoms in total. The van der Waals surface area contributed by atoms with Gasteiger partial charge >= 0.3 is 0 Å². The smallest absolute Gasteiger partial charge is 0.243 e. The van der Waals surface area contributed by atoms with Gasteiger partial charge in [-0.15, -0.1) is 0 Å². The van der Waals surface area contributed by atoms with Crippen LogP contribution in [0.1, 0.15) is 36.4 Å². The third kappa shape index (κ3) is 5.53. The highest BCUT2D eigenvalue weighted by Gasteiger charge is 2.33. The Morgan fingerprint density at radius 2 is 1.50 bits per heavy atom. The molecular formula is C25H21Br2N3O2. The van der Waals surface area contributed by atoms with Crippen molar-refractivity contribution in [1.29, 1.82) is 0 Å². The SMILES string of the molecule is O=C(CCC(=O)N1N=C(c2ccc(Br)cc2)CC1c1ccc(Br)cc1)Nc1ccccc1. The maximum atomic E-state index is 13.1. The lowest BCUT2D eigenvalue weighted by Crippen LogP contribution is -2.28. The fourth-order valence-electron chi connectivity index (χ4n) is 3.58. The van der Waals surface area contributed by atoms with E-state index in [0.717, 1.165) is 31.5 Å². The molecule has 0 radical (unpaired) electrons. The van der Waals surface area contributed by atoms with E-state index in [9.17, 15) is 9.59 Å². The molecule has 1 aliphatic rings. The third-order valence-electron chi connectivity index (χ3n) is 5.22. The molecule has 2 amide bonds. The van der Waals surface area contributed by atoms with Crippen molar-refractivity contribution < 1.29 is 9.59 Å². The van der Waals surface area contributed by atoms with Gasteiger partial charge in [0.05, 0.1) is 11.8 Å². The first-order valence-electron chi connectivity index (χ1n) is 10.3. The second kappa shape index (κ2) is 10.2. The number of nitrogens with one attached hydrogen (secondary N) is 1. The first kappa shape index (κ1) is 22.4. The maximum Gasteiger partial charge on any atom is 0.243 e. The molecule has 1 N–H and O–H groups in total. The Morgan fingerprint density at radius 3 is 2.16 bits per heavy atom. The molecule has 162 valence electrons. The number of halogens is 2. The topological polar surface area (TPSA) is 61.8 Å². The molecule has 3 aromatic carbocycles. The number of carbonyl (C=O) groups excluding carboxylic acids is 2. The molecule has 0 saturated heterocycles. The number of amides is 2. The molecule has 32 heavy (non-hydrogen) atoms. The van der Waals surface area contributed by atoms with E-state index in [-0.39, 0.29) is 30.7 Å². The quantitative estimate of drug-likeness (QED) is 0.388. The summed E-state index contributed by atoms with van der Waals surface area (Å²) in [6, 6.07) is 24.8. The Labute approximate surface area is 203 Å². The number of hydrogen-bond acceptors (Lipinski definition) is 3. The Hall–Kier alpha value is -2.77. The second-order valence-corrected chi connectivity index (χ2v) is 9.31. The third-order valence-corrected chi connectivity index (χ3v) is 6.28. The van der Waals surface area contributed by atoms with Crippen molar-refractivity contribution in [2.75, 3.05) is 5.32 Å². The van der Waals surface area contributed by atoms with Crippen LogP contribution >= 0.6 is 31.9 Å². The summed E-state index contributed by atoms with van der Waals surface area (Å²) < 4.78 is 1.96. The van der Waals surface area contributed by atoms with E-state index in [1.54, 1.807) is 0 Å². The average Bonchev–Trinajstić information content (AvgIpc) is 3.25. The Balaban J connectivity index is 1.50. The van der Waals surface area contributed by atoms with Gasteiger partial charge in [-0.05, 0) is 47.5 Å². The van der Waals surface area contributed by atoms with Crippen molar-refractivity contribution in [3.63, 3.8) is 0 Å². The van der Waals surface area contributed by atoms with Crippen LogP contribution in [0.5, 0.6) is 0 Å². The summed E-state index contributed by atoms with van der Waals surface area (Å²) in [5.41, 5.74) is 3.56. The van der Waals surface area contributed by atoms with Gasteiger partial charge in [-0.2, -0.15) is 5.10 Å². The Morgan fingerprint density at radius 1 is 0.875 bits per heavy atom. The van der Waals surface area contributed by atoms with E-state index < -0.39 is 0 Å². The minimum atomic E-state index is -0.202. The number of hydrazone groups is 1. The summed E-state index contributed by atoms with van der Waals surface area (Å²) in [5.74, 6) is -0.366. The van der Waals surface area contributed by atoms with Gasteiger partial charge in [-0.1, -0.05) is 74.3 Å². The number of rotatable bonds is 6. The lowest BCUT2D eigenvalue weighted by Gasteiger charge is -2.22. The molecule has 1 aliphatic heterocycles. The van der Waals surface area contributed by atoms with Crippen LogP contribution in [-0.2, 0) is 9.59 Å². The largest absolute Gasteiger partial charge is 0.326 e. The molecule has 0 aromatic heterocycles. The first-order chi connectivity index (χ1) is 15.5. The molecule has 0 fully saturated rings. The molecule has 0 aliphatic carbocycles.